The van der Waals surface area contributed by atoms with E-state index in [1.807, 2.05) is 39.2 Å². The average Bonchev–Trinajstić information content (AvgIpc) is 3.60. The van der Waals surface area contributed by atoms with E-state index in [4.69, 9.17) is 9.47 Å². The second kappa shape index (κ2) is 14.6. The second-order valence-corrected chi connectivity index (χ2v) is 12.4. The Morgan fingerprint density at radius 3 is 2.44 bits per heavy atom. The first-order valence-electron chi connectivity index (χ1n) is 13.7. The van der Waals surface area contributed by atoms with Gasteiger partial charge in [0.15, 0.2) is 5.78 Å². The third kappa shape index (κ3) is 9.96. The van der Waals surface area contributed by atoms with E-state index in [9.17, 15) is 14.4 Å². The molecule has 1 fully saturated rings. The summed E-state index contributed by atoms with van der Waals surface area (Å²) in [5.74, 6) is -0.0558. The van der Waals surface area contributed by atoms with Crippen molar-refractivity contribution in [3.63, 3.8) is 0 Å². The van der Waals surface area contributed by atoms with Crippen molar-refractivity contribution in [1.29, 1.82) is 0 Å². The van der Waals surface area contributed by atoms with Gasteiger partial charge in [-0.1, -0.05) is 24.3 Å². The number of benzene rings is 1. The van der Waals surface area contributed by atoms with Gasteiger partial charge in [0.2, 0.25) is 0 Å². The molecule has 0 bridgehead atoms. The molecule has 1 aliphatic heterocycles. The normalized spacial score (nSPS) is 13.9. The molecule has 0 saturated carbocycles. The van der Waals surface area contributed by atoms with E-state index < -0.39 is 11.7 Å². The molecule has 9 nitrogen and oxygen atoms in total. The predicted molar refractivity (Wildman–Crippen MR) is 164 cm³/mol. The molecule has 41 heavy (non-hydrogen) atoms. The van der Waals surface area contributed by atoms with Crippen LogP contribution in [-0.4, -0.2) is 72.7 Å². The van der Waals surface area contributed by atoms with E-state index in [-0.39, 0.29) is 18.2 Å². The number of nitrogens with zero attached hydrogens (tertiary/aromatic N) is 2. The molecule has 0 unspecified atom stereocenters. The maximum absolute atomic E-state index is 13.1. The lowest BCUT2D eigenvalue weighted by molar-refractivity contribution is 0.0365. The Morgan fingerprint density at radius 1 is 1.00 bits per heavy atom. The number of morpholine rings is 1. The number of anilines is 2. The molecule has 1 aromatic carbocycles. The summed E-state index contributed by atoms with van der Waals surface area (Å²) < 4.78 is 10.8. The molecule has 0 aliphatic carbocycles. The maximum atomic E-state index is 13.1. The number of carbonyl (C=O) groups is 3. The van der Waals surface area contributed by atoms with Crippen LogP contribution < -0.4 is 10.6 Å². The molecule has 0 spiro atoms. The smallest absolute Gasteiger partial charge is 0.412 e. The van der Waals surface area contributed by atoms with Gasteiger partial charge in [-0.2, -0.15) is 11.3 Å². The zero-order chi connectivity index (χ0) is 29.2. The summed E-state index contributed by atoms with van der Waals surface area (Å²) in [6.07, 6.45) is 0.463. The summed E-state index contributed by atoms with van der Waals surface area (Å²) in [5, 5.41) is 13.2. The molecule has 0 radical (unpaired) electrons. The van der Waals surface area contributed by atoms with Crippen molar-refractivity contribution in [2.45, 2.75) is 45.8 Å². The van der Waals surface area contributed by atoms with Crippen molar-refractivity contribution in [3.8, 4) is 0 Å². The van der Waals surface area contributed by atoms with E-state index in [1.54, 1.807) is 38.3 Å². The molecule has 11 heteroatoms. The summed E-state index contributed by atoms with van der Waals surface area (Å²) >= 11 is 2.95. The van der Waals surface area contributed by atoms with Crippen LogP contribution in [0.1, 0.15) is 48.7 Å². The Morgan fingerprint density at radius 2 is 1.76 bits per heavy atom. The molecule has 2 aromatic heterocycles. The topological polar surface area (TPSA) is 100 Å². The van der Waals surface area contributed by atoms with Gasteiger partial charge >= 0.3 is 12.1 Å². The van der Waals surface area contributed by atoms with Crippen LogP contribution >= 0.6 is 22.7 Å². The van der Waals surface area contributed by atoms with Crippen LogP contribution in [0.3, 0.4) is 0 Å². The standard InChI is InChI=1S/C30H38N4O5S2/c1-30(2,3)39-29(37)32-26-21-41-19-24(26)17-27(35)23-7-5-22(6-8-23)18-34(28(36)31-25-9-16-40-20-25)11-4-10-33-12-14-38-15-13-33/h5-9,16,19-21H,4,10-15,17-18H2,1-3H3,(H,31,36)(H,32,37). The Balaban J connectivity index is 1.35. The molecule has 1 aliphatic rings. The number of hydrogen-bond acceptors (Lipinski definition) is 8. The molecule has 1 saturated heterocycles. The molecular weight excluding hydrogens is 560 g/mol. The number of hydrogen-bond donors (Lipinski definition) is 2. The first kappa shape index (κ1) is 30.7. The third-order valence-electron chi connectivity index (χ3n) is 6.44. The minimum atomic E-state index is -0.610. The fourth-order valence-electron chi connectivity index (χ4n) is 4.38. The second-order valence-electron chi connectivity index (χ2n) is 10.9. The third-order valence-corrected chi connectivity index (χ3v) is 7.92. The quantitative estimate of drug-likeness (QED) is 0.250. The van der Waals surface area contributed by atoms with Crippen molar-refractivity contribution < 1.29 is 23.9 Å². The minimum Gasteiger partial charge on any atom is -0.444 e. The van der Waals surface area contributed by atoms with Gasteiger partial charge in [0, 0.05) is 55.5 Å². The molecular formula is C30H38N4O5S2. The average molecular weight is 599 g/mol. The number of ether oxygens (including phenoxy) is 2. The van der Waals surface area contributed by atoms with Gasteiger partial charge in [-0.25, -0.2) is 9.59 Å². The van der Waals surface area contributed by atoms with Gasteiger partial charge in [0.05, 0.1) is 24.6 Å². The number of nitrogens with one attached hydrogen (secondary N) is 2. The van der Waals surface area contributed by atoms with Crippen LogP contribution in [0.25, 0.3) is 0 Å². The first-order valence-corrected chi connectivity index (χ1v) is 15.6. The van der Waals surface area contributed by atoms with Crippen LogP contribution in [0.5, 0.6) is 0 Å². The zero-order valence-corrected chi connectivity index (χ0v) is 25.4. The molecule has 2 N–H and O–H groups in total. The van der Waals surface area contributed by atoms with Crippen molar-refractivity contribution in [2.24, 2.45) is 0 Å². The Labute approximate surface area is 249 Å². The first-order chi connectivity index (χ1) is 19.7. The number of Topliss-reactive ketones (excluding diaryl/α,β-unsaturated/α-hetero) is 1. The molecule has 4 rings (SSSR count). The van der Waals surface area contributed by atoms with E-state index in [0.29, 0.717) is 24.3 Å². The number of ketones is 1. The van der Waals surface area contributed by atoms with Gasteiger partial charge in [-0.15, -0.1) is 11.3 Å². The number of carbonyl (C=O) groups excluding carboxylic acids is 3. The molecule has 3 amide bonds. The highest BCUT2D eigenvalue weighted by atomic mass is 32.1. The predicted octanol–water partition coefficient (Wildman–Crippen LogP) is 6.34. The van der Waals surface area contributed by atoms with Crippen LogP contribution in [0.4, 0.5) is 21.0 Å². The lowest BCUT2D eigenvalue weighted by atomic mass is 10.0. The van der Waals surface area contributed by atoms with Gasteiger partial charge in [-0.05, 0) is 55.1 Å². The van der Waals surface area contributed by atoms with Crippen LogP contribution in [-0.2, 0) is 22.4 Å². The van der Waals surface area contributed by atoms with Gasteiger partial charge < -0.3 is 19.7 Å². The molecule has 220 valence electrons. The summed E-state index contributed by atoms with van der Waals surface area (Å²) in [6.45, 7) is 10.7. The molecule has 3 heterocycles. The summed E-state index contributed by atoms with van der Waals surface area (Å²) in [5.41, 5.74) is 3.01. The highest BCUT2D eigenvalue weighted by molar-refractivity contribution is 7.08. The van der Waals surface area contributed by atoms with Crippen molar-refractivity contribution in [2.75, 3.05) is 50.0 Å². The zero-order valence-electron chi connectivity index (χ0n) is 23.8. The monoisotopic (exact) mass is 598 g/mol. The van der Waals surface area contributed by atoms with Gasteiger partial charge in [0.25, 0.3) is 0 Å². The number of amides is 3. The number of thiophene rings is 2. The Bertz CT molecular complexity index is 1280. The van der Waals surface area contributed by atoms with Crippen molar-refractivity contribution in [3.05, 3.63) is 68.5 Å². The van der Waals surface area contributed by atoms with Crippen molar-refractivity contribution >= 4 is 52.0 Å². The van der Waals surface area contributed by atoms with E-state index in [0.717, 1.165) is 56.1 Å². The minimum absolute atomic E-state index is 0.0558. The lowest BCUT2D eigenvalue weighted by Gasteiger charge is -2.28. The van der Waals surface area contributed by atoms with E-state index >= 15 is 0 Å². The SMILES string of the molecule is CC(C)(C)OC(=O)Nc1cscc1CC(=O)c1ccc(CN(CCCN2CCOCC2)C(=O)Nc2ccsc2)cc1. The van der Waals surface area contributed by atoms with Crippen LogP contribution in [0.2, 0.25) is 0 Å². The van der Waals surface area contributed by atoms with Crippen molar-refractivity contribution in [1.82, 2.24) is 9.80 Å². The molecule has 3 aromatic rings. The lowest BCUT2D eigenvalue weighted by Crippen LogP contribution is -2.40. The largest absolute Gasteiger partial charge is 0.444 e. The van der Waals surface area contributed by atoms with Gasteiger partial charge in [-0.3, -0.25) is 15.0 Å². The fraction of sp³-hybridized carbons (Fsp3) is 0.433. The summed E-state index contributed by atoms with van der Waals surface area (Å²) in [4.78, 5) is 42.6. The molecule has 0 atom stereocenters. The Hall–Kier alpha value is -3.25. The van der Waals surface area contributed by atoms with Gasteiger partial charge in [0.1, 0.15) is 5.60 Å². The van der Waals surface area contributed by atoms with E-state index in [2.05, 4.69) is 15.5 Å². The van der Waals surface area contributed by atoms with E-state index in [1.165, 1.54) is 22.7 Å². The van der Waals surface area contributed by atoms with Crippen LogP contribution in [0, 0.1) is 0 Å². The summed E-state index contributed by atoms with van der Waals surface area (Å²) in [7, 11) is 0. The Kier molecular flexibility index (Phi) is 10.9. The number of rotatable bonds is 11. The summed E-state index contributed by atoms with van der Waals surface area (Å²) in [6, 6.07) is 9.13. The number of urea groups is 1. The highest BCUT2D eigenvalue weighted by Gasteiger charge is 2.20. The maximum Gasteiger partial charge on any atom is 0.412 e. The fourth-order valence-corrected chi connectivity index (χ4v) is 5.75. The van der Waals surface area contributed by atoms with Crippen LogP contribution in [0.15, 0.2) is 51.9 Å². The highest BCUT2D eigenvalue weighted by Crippen LogP contribution is 2.24.